The molecule has 0 spiro atoms. The quantitative estimate of drug-likeness (QED) is 0.940. The van der Waals surface area contributed by atoms with Crippen LogP contribution in [0.1, 0.15) is 16.7 Å². The number of hydrogen-bond donors (Lipinski definition) is 1. The summed E-state index contributed by atoms with van der Waals surface area (Å²) < 4.78 is 40.2. The maximum absolute atomic E-state index is 13.0. The predicted octanol–water partition coefficient (Wildman–Crippen LogP) is 3.55. The molecule has 0 saturated heterocycles. The minimum Gasteiger partial charge on any atom is -0.280 e. The molecule has 0 heterocycles. The highest BCUT2D eigenvalue weighted by atomic mass is 32.2. The predicted molar refractivity (Wildman–Crippen MR) is 77.9 cm³/mol. The molecular weight excluding hydrogens is 277 g/mol. The third-order valence-corrected chi connectivity index (χ3v) is 4.73. The van der Waals surface area contributed by atoms with E-state index in [2.05, 4.69) is 4.72 Å². The molecule has 0 fully saturated rings. The van der Waals surface area contributed by atoms with Gasteiger partial charge in [-0.2, -0.15) is 0 Å². The zero-order valence-corrected chi connectivity index (χ0v) is 12.4. The van der Waals surface area contributed by atoms with Gasteiger partial charge in [0.15, 0.2) is 0 Å². The van der Waals surface area contributed by atoms with Crippen LogP contribution in [0.4, 0.5) is 10.1 Å². The summed E-state index contributed by atoms with van der Waals surface area (Å²) in [5.74, 6) is -0.451. The van der Waals surface area contributed by atoms with E-state index in [1.54, 1.807) is 19.1 Å². The highest BCUT2D eigenvalue weighted by Crippen LogP contribution is 2.21. The molecule has 0 aliphatic heterocycles. The zero-order valence-electron chi connectivity index (χ0n) is 11.6. The third kappa shape index (κ3) is 2.99. The lowest BCUT2D eigenvalue weighted by molar-refractivity contribution is 0.598. The van der Waals surface area contributed by atoms with Crippen LogP contribution in [0.25, 0.3) is 0 Å². The molecule has 20 heavy (non-hydrogen) atoms. The van der Waals surface area contributed by atoms with Crippen molar-refractivity contribution in [1.29, 1.82) is 0 Å². The first-order chi connectivity index (χ1) is 9.29. The second-order valence-corrected chi connectivity index (χ2v) is 6.47. The van der Waals surface area contributed by atoms with Gasteiger partial charge in [-0.3, -0.25) is 4.72 Å². The SMILES string of the molecule is Cc1ccc(NS(=O)(=O)c2ccc(F)cc2C)cc1C. The maximum Gasteiger partial charge on any atom is 0.262 e. The van der Waals surface area contributed by atoms with Gasteiger partial charge in [-0.1, -0.05) is 6.07 Å². The van der Waals surface area contributed by atoms with Gasteiger partial charge in [0.1, 0.15) is 5.82 Å². The van der Waals surface area contributed by atoms with Crippen molar-refractivity contribution in [3.63, 3.8) is 0 Å². The number of halogens is 1. The number of nitrogens with one attached hydrogen (secondary N) is 1. The van der Waals surface area contributed by atoms with Gasteiger partial charge >= 0.3 is 0 Å². The van der Waals surface area contributed by atoms with E-state index in [0.29, 0.717) is 11.3 Å². The van der Waals surface area contributed by atoms with Crippen molar-refractivity contribution in [2.45, 2.75) is 25.7 Å². The lowest BCUT2D eigenvalue weighted by Gasteiger charge is -2.11. The van der Waals surface area contributed by atoms with E-state index in [9.17, 15) is 12.8 Å². The van der Waals surface area contributed by atoms with E-state index < -0.39 is 15.8 Å². The number of rotatable bonds is 3. The molecule has 2 rings (SSSR count). The zero-order chi connectivity index (χ0) is 14.9. The Labute approximate surface area is 118 Å². The fourth-order valence-electron chi connectivity index (χ4n) is 1.93. The summed E-state index contributed by atoms with van der Waals surface area (Å²) >= 11 is 0. The molecule has 2 aromatic rings. The topological polar surface area (TPSA) is 46.2 Å². The molecule has 2 aromatic carbocycles. The highest BCUT2D eigenvalue weighted by Gasteiger charge is 2.17. The average Bonchev–Trinajstić information content (AvgIpc) is 2.33. The Kier molecular flexibility index (Phi) is 3.81. The Morgan fingerprint density at radius 2 is 1.60 bits per heavy atom. The van der Waals surface area contributed by atoms with Crippen LogP contribution in [0, 0.1) is 26.6 Å². The molecule has 1 N–H and O–H groups in total. The van der Waals surface area contributed by atoms with Crippen LogP contribution >= 0.6 is 0 Å². The molecule has 0 aliphatic rings. The van der Waals surface area contributed by atoms with E-state index >= 15 is 0 Å². The molecule has 0 atom stereocenters. The number of hydrogen-bond acceptors (Lipinski definition) is 2. The largest absolute Gasteiger partial charge is 0.280 e. The molecule has 0 saturated carbocycles. The molecule has 5 heteroatoms. The lowest BCUT2D eigenvalue weighted by atomic mass is 10.1. The Bertz CT molecular complexity index is 754. The van der Waals surface area contributed by atoms with Crippen molar-refractivity contribution < 1.29 is 12.8 Å². The van der Waals surface area contributed by atoms with Crippen LogP contribution in [-0.2, 0) is 10.0 Å². The van der Waals surface area contributed by atoms with Crippen molar-refractivity contribution >= 4 is 15.7 Å². The Morgan fingerprint density at radius 3 is 2.20 bits per heavy atom. The molecule has 0 aromatic heterocycles. The molecule has 0 aliphatic carbocycles. The van der Waals surface area contributed by atoms with Crippen LogP contribution < -0.4 is 4.72 Å². The van der Waals surface area contributed by atoms with Crippen LogP contribution in [0.5, 0.6) is 0 Å². The maximum atomic E-state index is 13.0. The van der Waals surface area contributed by atoms with Crippen molar-refractivity contribution in [3.05, 3.63) is 58.9 Å². The third-order valence-electron chi connectivity index (χ3n) is 3.19. The van der Waals surface area contributed by atoms with Gasteiger partial charge in [-0.25, -0.2) is 12.8 Å². The molecule has 0 amide bonds. The standard InChI is InChI=1S/C15H16FNO2S/c1-10-4-6-14(9-11(10)2)17-20(18,19)15-7-5-13(16)8-12(15)3/h4-9,17H,1-3H3. The van der Waals surface area contributed by atoms with Gasteiger partial charge in [-0.05, 0) is 67.8 Å². The summed E-state index contributed by atoms with van der Waals surface area (Å²) in [6.07, 6.45) is 0. The molecule has 0 bridgehead atoms. The Hall–Kier alpha value is -1.88. The Balaban J connectivity index is 2.38. The van der Waals surface area contributed by atoms with Gasteiger partial charge in [-0.15, -0.1) is 0 Å². The molecule has 0 radical (unpaired) electrons. The molecule has 3 nitrogen and oxygen atoms in total. The van der Waals surface area contributed by atoms with E-state index in [0.717, 1.165) is 17.2 Å². The van der Waals surface area contributed by atoms with E-state index in [1.165, 1.54) is 12.1 Å². The number of benzene rings is 2. The number of anilines is 1. The van der Waals surface area contributed by atoms with Gasteiger partial charge in [0.25, 0.3) is 10.0 Å². The second kappa shape index (κ2) is 5.25. The molecule has 0 unspecified atom stereocenters. The minimum absolute atomic E-state index is 0.0807. The van der Waals surface area contributed by atoms with E-state index in [-0.39, 0.29) is 4.90 Å². The molecular formula is C15H16FNO2S. The average molecular weight is 293 g/mol. The normalized spacial score (nSPS) is 11.4. The summed E-state index contributed by atoms with van der Waals surface area (Å²) in [6, 6.07) is 8.94. The van der Waals surface area contributed by atoms with E-state index in [4.69, 9.17) is 0 Å². The van der Waals surface area contributed by atoms with Crippen molar-refractivity contribution in [3.8, 4) is 0 Å². The summed E-state index contributed by atoms with van der Waals surface area (Å²) in [4.78, 5) is 0.0807. The fourth-order valence-corrected chi connectivity index (χ4v) is 3.21. The van der Waals surface area contributed by atoms with Gasteiger partial charge < -0.3 is 0 Å². The first kappa shape index (κ1) is 14.5. The van der Waals surface area contributed by atoms with Crippen LogP contribution in [0.2, 0.25) is 0 Å². The number of aryl methyl sites for hydroxylation is 3. The van der Waals surface area contributed by atoms with Gasteiger partial charge in [0, 0.05) is 5.69 Å². The van der Waals surface area contributed by atoms with Crippen molar-refractivity contribution in [2.75, 3.05) is 4.72 Å². The fraction of sp³-hybridized carbons (Fsp3) is 0.200. The van der Waals surface area contributed by atoms with Crippen LogP contribution in [0.3, 0.4) is 0 Å². The van der Waals surface area contributed by atoms with Gasteiger partial charge in [0.05, 0.1) is 4.90 Å². The smallest absolute Gasteiger partial charge is 0.262 e. The second-order valence-electron chi connectivity index (χ2n) is 4.81. The Morgan fingerprint density at radius 1 is 0.900 bits per heavy atom. The lowest BCUT2D eigenvalue weighted by Crippen LogP contribution is -2.14. The van der Waals surface area contributed by atoms with Crippen molar-refractivity contribution in [2.24, 2.45) is 0 Å². The highest BCUT2D eigenvalue weighted by molar-refractivity contribution is 7.92. The first-order valence-electron chi connectivity index (χ1n) is 6.16. The van der Waals surface area contributed by atoms with Gasteiger partial charge in [0.2, 0.25) is 0 Å². The summed E-state index contributed by atoms with van der Waals surface area (Å²) in [5.41, 5.74) is 2.96. The van der Waals surface area contributed by atoms with Crippen molar-refractivity contribution in [1.82, 2.24) is 0 Å². The first-order valence-corrected chi connectivity index (χ1v) is 7.64. The summed E-state index contributed by atoms with van der Waals surface area (Å²) in [7, 11) is -3.71. The van der Waals surface area contributed by atoms with Crippen LogP contribution in [0.15, 0.2) is 41.3 Å². The summed E-state index contributed by atoms with van der Waals surface area (Å²) in [6.45, 7) is 5.44. The van der Waals surface area contributed by atoms with E-state index in [1.807, 2.05) is 19.9 Å². The number of sulfonamides is 1. The minimum atomic E-state index is -3.71. The monoisotopic (exact) mass is 293 g/mol. The van der Waals surface area contributed by atoms with Crippen LogP contribution in [-0.4, -0.2) is 8.42 Å². The summed E-state index contributed by atoms with van der Waals surface area (Å²) in [5, 5.41) is 0. The molecule has 106 valence electrons.